The molecule has 1 aliphatic rings. The van der Waals surface area contributed by atoms with Gasteiger partial charge in [-0.15, -0.1) is 0 Å². The van der Waals surface area contributed by atoms with Crippen molar-refractivity contribution in [3.05, 3.63) is 11.8 Å². The lowest BCUT2D eigenvalue weighted by molar-refractivity contribution is 0.335. The number of hydrogen-bond donors (Lipinski definition) is 0. The van der Waals surface area contributed by atoms with E-state index < -0.39 is 8.32 Å². The fourth-order valence-corrected chi connectivity index (χ4v) is 3.11. The minimum Gasteiger partial charge on any atom is -0.548 e. The smallest absolute Gasteiger partial charge is 0.241 e. The molecule has 0 aromatic heterocycles. The highest BCUT2D eigenvalue weighted by atomic mass is 28.4. The van der Waals surface area contributed by atoms with Crippen molar-refractivity contribution in [2.24, 2.45) is 11.8 Å². The molecule has 0 saturated heterocycles. The van der Waals surface area contributed by atoms with Crippen molar-refractivity contribution < 1.29 is 4.43 Å². The topological polar surface area (TPSA) is 9.23 Å². The highest BCUT2D eigenvalue weighted by Crippen LogP contribution is 2.27. The van der Waals surface area contributed by atoms with E-state index in [1.165, 1.54) is 25.0 Å². The molecule has 0 spiro atoms. The third kappa shape index (κ3) is 5.40. The molecule has 1 aliphatic carbocycles. The molecular weight excluding hydrogens is 200 g/mol. The van der Waals surface area contributed by atoms with Crippen LogP contribution in [0, 0.1) is 11.8 Å². The van der Waals surface area contributed by atoms with Crippen LogP contribution >= 0.6 is 0 Å². The predicted octanol–water partition coefficient (Wildman–Crippen LogP) is 4.57. The first-order chi connectivity index (χ1) is 6.87. The number of allylic oxidation sites excluding steroid dienone is 2. The van der Waals surface area contributed by atoms with Crippen LogP contribution in [0.2, 0.25) is 19.6 Å². The second kappa shape index (κ2) is 5.20. The van der Waals surface area contributed by atoms with Crippen LogP contribution in [0.25, 0.3) is 0 Å². The standard InChI is InChI=1S/C13H26OSi/c1-11-7-6-8-12(2)10-13(9-11)14-15(3,4)5/h9,11-12H,6-8,10H2,1-5H3/b13-9+. The summed E-state index contributed by atoms with van der Waals surface area (Å²) in [6, 6.07) is 0. The van der Waals surface area contributed by atoms with Crippen molar-refractivity contribution in [1.82, 2.24) is 0 Å². The largest absolute Gasteiger partial charge is 0.548 e. The van der Waals surface area contributed by atoms with E-state index >= 15 is 0 Å². The van der Waals surface area contributed by atoms with E-state index in [9.17, 15) is 0 Å². The van der Waals surface area contributed by atoms with Crippen molar-refractivity contribution >= 4 is 8.32 Å². The Balaban J connectivity index is 2.67. The molecule has 0 heterocycles. The van der Waals surface area contributed by atoms with Gasteiger partial charge in [-0.2, -0.15) is 0 Å². The van der Waals surface area contributed by atoms with E-state index in [2.05, 4.69) is 39.6 Å². The molecule has 0 aromatic carbocycles. The summed E-state index contributed by atoms with van der Waals surface area (Å²) in [7, 11) is -1.41. The van der Waals surface area contributed by atoms with E-state index in [0.717, 1.165) is 12.3 Å². The molecule has 88 valence electrons. The molecule has 0 amide bonds. The van der Waals surface area contributed by atoms with Crippen LogP contribution in [0.5, 0.6) is 0 Å². The van der Waals surface area contributed by atoms with Gasteiger partial charge in [-0.1, -0.05) is 26.7 Å². The summed E-state index contributed by atoms with van der Waals surface area (Å²) in [5.74, 6) is 2.76. The first-order valence-corrected chi connectivity index (χ1v) is 9.67. The summed E-state index contributed by atoms with van der Waals surface area (Å²) in [5, 5.41) is 0. The molecule has 0 fully saturated rings. The van der Waals surface area contributed by atoms with Gasteiger partial charge in [-0.25, -0.2) is 0 Å². The predicted molar refractivity (Wildman–Crippen MR) is 69.3 cm³/mol. The summed E-state index contributed by atoms with van der Waals surface area (Å²) >= 11 is 0. The van der Waals surface area contributed by atoms with Crippen molar-refractivity contribution in [2.75, 3.05) is 0 Å². The van der Waals surface area contributed by atoms with E-state index in [1.807, 2.05) is 0 Å². The maximum absolute atomic E-state index is 6.15. The fraction of sp³-hybridized carbons (Fsp3) is 0.846. The van der Waals surface area contributed by atoms with Crippen LogP contribution in [0.3, 0.4) is 0 Å². The Morgan fingerprint density at radius 2 is 1.87 bits per heavy atom. The van der Waals surface area contributed by atoms with Crippen LogP contribution < -0.4 is 0 Å². The SMILES string of the molecule is CC1/C=C(/O[Si](C)(C)C)CC(C)CCC1. The Bertz CT molecular complexity index is 227. The maximum atomic E-state index is 6.15. The van der Waals surface area contributed by atoms with Crippen LogP contribution in [-0.2, 0) is 4.43 Å². The summed E-state index contributed by atoms with van der Waals surface area (Å²) < 4.78 is 6.15. The van der Waals surface area contributed by atoms with Gasteiger partial charge >= 0.3 is 0 Å². The number of rotatable bonds is 2. The van der Waals surface area contributed by atoms with E-state index in [4.69, 9.17) is 4.43 Å². The highest BCUT2D eigenvalue weighted by molar-refractivity contribution is 6.70. The van der Waals surface area contributed by atoms with Crippen LogP contribution in [0.1, 0.15) is 39.5 Å². The van der Waals surface area contributed by atoms with Crippen molar-refractivity contribution in [3.8, 4) is 0 Å². The molecule has 1 nitrogen and oxygen atoms in total. The molecule has 0 N–H and O–H groups in total. The third-order valence-electron chi connectivity index (χ3n) is 2.81. The Labute approximate surface area is 96.0 Å². The van der Waals surface area contributed by atoms with E-state index in [-0.39, 0.29) is 0 Å². The Morgan fingerprint density at radius 1 is 1.20 bits per heavy atom. The minimum absolute atomic E-state index is 0.698. The van der Waals surface area contributed by atoms with Gasteiger partial charge < -0.3 is 4.43 Å². The van der Waals surface area contributed by atoms with E-state index in [1.54, 1.807) is 0 Å². The first-order valence-electron chi connectivity index (χ1n) is 6.26. The van der Waals surface area contributed by atoms with Gasteiger partial charge in [0, 0.05) is 6.42 Å². The Hall–Kier alpha value is -0.243. The van der Waals surface area contributed by atoms with Gasteiger partial charge in [-0.05, 0) is 44.0 Å². The van der Waals surface area contributed by atoms with Gasteiger partial charge in [0.15, 0.2) is 0 Å². The minimum atomic E-state index is -1.41. The molecule has 2 unspecified atom stereocenters. The van der Waals surface area contributed by atoms with Crippen molar-refractivity contribution in [2.45, 2.75) is 59.2 Å². The molecule has 0 bridgehead atoms. The zero-order valence-electron chi connectivity index (χ0n) is 11.0. The fourth-order valence-electron chi connectivity index (χ4n) is 2.17. The molecule has 2 atom stereocenters. The molecule has 15 heavy (non-hydrogen) atoms. The Kier molecular flexibility index (Phi) is 4.44. The van der Waals surface area contributed by atoms with Crippen LogP contribution in [0.15, 0.2) is 11.8 Å². The molecule has 0 aliphatic heterocycles. The second-order valence-electron chi connectivity index (χ2n) is 6.06. The van der Waals surface area contributed by atoms with Crippen LogP contribution in [-0.4, -0.2) is 8.32 Å². The molecule has 0 aromatic rings. The van der Waals surface area contributed by atoms with Crippen LogP contribution in [0.4, 0.5) is 0 Å². The Morgan fingerprint density at radius 3 is 2.47 bits per heavy atom. The van der Waals surface area contributed by atoms with Gasteiger partial charge in [0.1, 0.15) is 0 Å². The lowest BCUT2D eigenvalue weighted by Gasteiger charge is -2.26. The average molecular weight is 226 g/mol. The maximum Gasteiger partial charge on any atom is 0.241 e. The van der Waals surface area contributed by atoms with Gasteiger partial charge in [0.25, 0.3) is 0 Å². The second-order valence-corrected chi connectivity index (χ2v) is 10.5. The van der Waals surface area contributed by atoms with Gasteiger partial charge in [0.05, 0.1) is 5.76 Å². The first kappa shape index (κ1) is 12.8. The zero-order chi connectivity index (χ0) is 11.5. The lowest BCUT2D eigenvalue weighted by atomic mass is 9.91. The van der Waals surface area contributed by atoms with E-state index in [0.29, 0.717) is 5.92 Å². The lowest BCUT2D eigenvalue weighted by Crippen LogP contribution is -2.26. The highest BCUT2D eigenvalue weighted by Gasteiger charge is 2.20. The van der Waals surface area contributed by atoms with Crippen molar-refractivity contribution in [1.29, 1.82) is 0 Å². The summed E-state index contributed by atoms with van der Waals surface area (Å²) in [6.07, 6.45) is 7.57. The quantitative estimate of drug-likeness (QED) is 0.627. The summed E-state index contributed by atoms with van der Waals surface area (Å²) in [5.41, 5.74) is 0. The van der Waals surface area contributed by atoms with Gasteiger partial charge in [0.2, 0.25) is 8.32 Å². The summed E-state index contributed by atoms with van der Waals surface area (Å²) in [4.78, 5) is 0. The molecule has 0 saturated carbocycles. The number of hydrogen-bond acceptors (Lipinski definition) is 1. The summed E-state index contributed by atoms with van der Waals surface area (Å²) in [6.45, 7) is 11.5. The van der Waals surface area contributed by atoms with Crippen molar-refractivity contribution in [3.63, 3.8) is 0 Å². The average Bonchev–Trinajstić information content (AvgIpc) is 1.97. The third-order valence-corrected chi connectivity index (χ3v) is 3.69. The normalized spacial score (nSPS) is 32.5. The van der Waals surface area contributed by atoms with Gasteiger partial charge in [-0.3, -0.25) is 0 Å². The molecule has 0 radical (unpaired) electrons. The monoisotopic (exact) mass is 226 g/mol. The molecule has 1 rings (SSSR count). The molecule has 2 heteroatoms. The molecular formula is C13H26OSi. The zero-order valence-corrected chi connectivity index (χ0v) is 12.0.